The van der Waals surface area contributed by atoms with Crippen LogP contribution >= 0.6 is 0 Å². The Bertz CT molecular complexity index is 1020. The van der Waals surface area contributed by atoms with E-state index in [0.29, 0.717) is 88.2 Å². The second-order valence-electron chi connectivity index (χ2n) is 9.98. The number of amides is 2. The Morgan fingerprint density at radius 1 is 0.789 bits per heavy atom. The zero-order valence-corrected chi connectivity index (χ0v) is 26.0. The van der Waals surface area contributed by atoms with Crippen molar-refractivity contribution in [2.75, 3.05) is 39.3 Å². The van der Waals surface area contributed by atoms with Crippen molar-refractivity contribution in [3.05, 3.63) is 24.3 Å². The van der Waals surface area contributed by atoms with Gasteiger partial charge in [-0.3, -0.25) is 14.5 Å². The molecule has 2 aliphatic carbocycles. The summed E-state index contributed by atoms with van der Waals surface area (Å²) < 4.78 is -1.31. The maximum absolute atomic E-state index is 12.5. The molecule has 2 saturated heterocycles. The molecule has 196 valence electrons. The number of rotatable bonds is 8. The molecule has 4 rings (SSSR count). The van der Waals surface area contributed by atoms with E-state index in [2.05, 4.69) is 10.6 Å². The quantitative estimate of drug-likeness (QED) is 0.174. The summed E-state index contributed by atoms with van der Waals surface area (Å²) in [5.74, 6) is -1.59. The summed E-state index contributed by atoms with van der Waals surface area (Å²) in [6.45, 7) is 3.95. The standard InChI is InChI=1S/C12H13N3O4.C12H19N3O2.2Na/c13-5-1-4-12(8(16)2-3-9(12)17)15-7-10(18)14-6-11(15)19;13-5-1-4-12(10(16)2-3-11(12)17)15-8-6-14-7-9-15;;/h2-3,6-7H,1,4-5,13H2,(H,14,18);2-3,14H,1,4-9,13H2;;. The van der Waals surface area contributed by atoms with Gasteiger partial charge in [-0.2, -0.15) is 0 Å². The number of nitrogens with one attached hydrogen (secondary N) is 2. The summed E-state index contributed by atoms with van der Waals surface area (Å²) in [6.07, 6.45) is 7.08. The van der Waals surface area contributed by atoms with Crippen molar-refractivity contribution in [3.8, 4) is 0 Å². The topological polar surface area (TPSA) is 185 Å². The van der Waals surface area contributed by atoms with Crippen LogP contribution in [0.5, 0.6) is 0 Å². The maximum Gasteiger partial charge on any atom is 0.183 e. The van der Waals surface area contributed by atoms with Crippen molar-refractivity contribution in [1.82, 2.24) is 20.4 Å². The second-order valence-corrected chi connectivity index (χ2v) is 12.2. The minimum atomic E-state index is -1.55. The Hall–Kier alpha value is -1.06. The third-order valence-electron chi connectivity index (χ3n) is 7.69. The molecule has 0 aromatic heterocycles. The zero-order valence-electron chi connectivity index (χ0n) is 22.0. The van der Waals surface area contributed by atoms with E-state index in [9.17, 15) is 28.8 Å². The van der Waals surface area contributed by atoms with Gasteiger partial charge >= 0.3 is 158 Å². The summed E-state index contributed by atoms with van der Waals surface area (Å²) in [5.41, 5.74) is 8.52. The first-order valence-corrected chi connectivity index (χ1v) is 15.4. The monoisotopic (exact) mass is 546 g/mol. The van der Waals surface area contributed by atoms with Crippen molar-refractivity contribution < 1.29 is 28.8 Å². The minimum absolute atomic E-state index is 0.0714. The fraction of sp³-hybridized carbons (Fsp3) is 0.583. The molecule has 0 aromatic carbocycles. The Labute approximate surface area is 256 Å². The van der Waals surface area contributed by atoms with Gasteiger partial charge in [0.1, 0.15) is 5.54 Å². The molecule has 38 heavy (non-hydrogen) atoms. The van der Waals surface area contributed by atoms with Gasteiger partial charge in [-0.05, 0) is 31.5 Å². The van der Waals surface area contributed by atoms with Gasteiger partial charge < -0.3 is 11.1 Å². The smallest absolute Gasteiger partial charge is 0.183 e. The summed E-state index contributed by atoms with van der Waals surface area (Å²) in [7, 11) is 0. The van der Waals surface area contributed by atoms with Crippen LogP contribution in [0.4, 0.5) is 0 Å². The van der Waals surface area contributed by atoms with Crippen LogP contribution in [0.25, 0.3) is 0 Å². The third kappa shape index (κ3) is 5.85. The molecule has 2 atom stereocenters. The number of nitrogens with zero attached hydrogens (tertiary/aromatic N) is 2. The van der Waals surface area contributed by atoms with Gasteiger partial charge in [-0.15, -0.1) is 0 Å². The van der Waals surface area contributed by atoms with Gasteiger partial charge in [0.15, 0.2) is 11.6 Å². The van der Waals surface area contributed by atoms with Crippen LogP contribution in [0.3, 0.4) is 0 Å². The maximum atomic E-state index is 12.5. The minimum Gasteiger partial charge on any atom is -0.330 e. The Morgan fingerprint density at radius 3 is 1.71 bits per heavy atom. The molecular formula is C24H32N6Na2O6. The summed E-state index contributed by atoms with van der Waals surface area (Å²) in [4.78, 5) is 76.8. The van der Waals surface area contributed by atoms with Crippen molar-refractivity contribution in [2.24, 2.45) is 11.5 Å². The van der Waals surface area contributed by atoms with Crippen LogP contribution in [-0.4, -0.2) is 158 Å². The van der Waals surface area contributed by atoms with Crippen LogP contribution in [0.2, 0.25) is 0 Å². The van der Waals surface area contributed by atoms with Gasteiger partial charge in [0.05, 0.1) is 0 Å². The fourth-order valence-corrected chi connectivity index (χ4v) is 7.04. The van der Waals surface area contributed by atoms with E-state index in [0.717, 1.165) is 26.2 Å². The molecule has 2 amide bonds. The summed E-state index contributed by atoms with van der Waals surface area (Å²) in [5, 5.41) is 5.87. The number of piperazine rings is 2. The first-order chi connectivity index (χ1) is 18.1. The van der Waals surface area contributed by atoms with E-state index in [1.165, 1.54) is 29.2 Å². The molecule has 2 fully saturated rings. The fourth-order valence-electron chi connectivity index (χ4n) is 5.61. The molecule has 0 radical (unpaired) electrons. The van der Waals surface area contributed by atoms with Crippen molar-refractivity contribution in [2.45, 2.75) is 43.3 Å². The van der Waals surface area contributed by atoms with E-state index in [-0.39, 0.29) is 29.8 Å². The predicted molar refractivity (Wildman–Crippen MR) is 139 cm³/mol. The molecule has 0 spiro atoms. The molecule has 2 unspecified atom stereocenters. The molecule has 12 nitrogen and oxygen atoms in total. The van der Waals surface area contributed by atoms with E-state index >= 15 is 0 Å². The average Bonchev–Trinajstić information content (AvgIpc) is 3.36. The van der Waals surface area contributed by atoms with E-state index in [4.69, 9.17) is 11.5 Å². The van der Waals surface area contributed by atoms with Gasteiger partial charge in [0.2, 0.25) is 0 Å². The first-order valence-electron chi connectivity index (χ1n) is 13.1. The summed E-state index contributed by atoms with van der Waals surface area (Å²) >= 11 is 0.779. The zero-order chi connectivity index (χ0) is 28.1. The van der Waals surface area contributed by atoms with Crippen molar-refractivity contribution in [3.63, 3.8) is 0 Å². The molecule has 2 aliphatic heterocycles. The number of hydrogen-bond donors (Lipinski definition) is 4. The molecule has 6 N–H and O–H groups in total. The van der Waals surface area contributed by atoms with E-state index in [1.54, 1.807) is 0 Å². The average molecular weight is 547 g/mol. The summed E-state index contributed by atoms with van der Waals surface area (Å²) in [6, 6.07) is 0. The van der Waals surface area contributed by atoms with Crippen LogP contribution in [0.15, 0.2) is 24.3 Å². The largest absolute Gasteiger partial charge is 0.330 e. The molecule has 0 bridgehead atoms. The van der Waals surface area contributed by atoms with Crippen LogP contribution in [0, 0.1) is 0 Å². The Morgan fingerprint density at radius 2 is 1.24 bits per heavy atom. The van der Waals surface area contributed by atoms with E-state index in [1.807, 2.05) is 4.90 Å². The Kier molecular flexibility index (Phi) is 11.2. The van der Waals surface area contributed by atoms with Crippen molar-refractivity contribution in [1.29, 1.82) is 0 Å². The third-order valence-corrected chi connectivity index (χ3v) is 9.51. The van der Waals surface area contributed by atoms with E-state index < -0.39 is 29.2 Å². The van der Waals surface area contributed by atoms with Crippen LogP contribution in [-0.2, 0) is 28.8 Å². The number of carbonyl (C=O) groups excluding carboxylic acids is 6. The number of ketones is 4. The number of nitrogens with two attached hydrogens (primary N) is 2. The predicted octanol–water partition coefficient (Wildman–Crippen LogP) is -3.80. The van der Waals surface area contributed by atoms with Gasteiger partial charge in [0.25, 0.3) is 0 Å². The SMILES string of the molecule is NCCCC1(N2C(=O)[CH]([Na])NC(=O)[CH]2[Na])C(=O)C=CC1=O.NCCCC1(N2CCNCC2)C(=O)C=CC1=O. The Balaban J connectivity index is 0.000000215. The van der Waals surface area contributed by atoms with Gasteiger partial charge in [-0.1, -0.05) is 0 Å². The van der Waals surface area contributed by atoms with Gasteiger partial charge in [0, 0.05) is 26.2 Å². The molecular weight excluding hydrogens is 514 g/mol. The molecule has 4 aliphatic rings. The molecule has 0 aromatic rings. The molecule has 14 heteroatoms. The first kappa shape index (κ1) is 31.5. The van der Waals surface area contributed by atoms with Crippen molar-refractivity contribution >= 4 is 90.8 Å². The second kappa shape index (κ2) is 13.5. The van der Waals surface area contributed by atoms with Gasteiger partial charge in [-0.25, -0.2) is 0 Å². The van der Waals surface area contributed by atoms with Crippen LogP contribution in [0.1, 0.15) is 25.7 Å². The number of carbonyl (C=O) groups is 6. The van der Waals surface area contributed by atoms with Crippen LogP contribution < -0.4 is 22.1 Å². The normalized spacial score (nSPS) is 26.6. The molecule has 0 saturated carbocycles. The number of hydrogen-bond acceptors (Lipinski definition) is 10. The molecule has 2 heterocycles.